The Hall–Kier alpha value is -3.35. The lowest BCUT2D eigenvalue weighted by molar-refractivity contribution is -0.136. The Kier molecular flexibility index (Phi) is 7.27. The largest absolute Gasteiger partial charge is 0.481 e. The molecule has 1 heterocycles. The number of aliphatic hydroxyl groups excluding tert-OH is 1. The van der Waals surface area contributed by atoms with E-state index in [9.17, 15) is 9.90 Å². The lowest BCUT2D eigenvalue weighted by atomic mass is 9.99. The lowest BCUT2D eigenvalue weighted by Crippen LogP contribution is -2.03. The zero-order chi connectivity index (χ0) is 23.2. The number of thioether (sulfide) groups is 1. The molecule has 3 aromatic carbocycles. The molecule has 0 fully saturated rings. The highest BCUT2D eigenvalue weighted by atomic mass is 32.2. The molecule has 0 aliphatic heterocycles. The molecule has 4 aromatic rings. The molecule has 33 heavy (non-hydrogen) atoms. The van der Waals surface area contributed by atoms with E-state index in [1.807, 2.05) is 73.7 Å². The fourth-order valence-electron chi connectivity index (χ4n) is 3.73. The molecule has 1 unspecified atom stereocenters. The molecule has 4 rings (SSSR count). The molecular weight excluding hydrogens is 434 g/mol. The minimum absolute atomic E-state index is 0.0127. The van der Waals surface area contributed by atoms with E-state index in [-0.39, 0.29) is 6.42 Å². The quantitative estimate of drug-likeness (QED) is 0.324. The summed E-state index contributed by atoms with van der Waals surface area (Å²) in [5.74, 6) is 1.12. The Balaban J connectivity index is 1.46. The number of rotatable bonds is 9. The van der Waals surface area contributed by atoms with Crippen LogP contribution in [-0.4, -0.2) is 27.1 Å². The van der Waals surface area contributed by atoms with Gasteiger partial charge in [0.05, 0.1) is 23.8 Å². The predicted octanol–water partition coefficient (Wildman–Crippen LogP) is 5.91. The first kappa shape index (κ1) is 22.8. The molecule has 168 valence electrons. The number of aryl methyl sites for hydroxylation is 1. The smallest absolute Gasteiger partial charge is 0.307 e. The molecule has 0 aliphatic carbocycles. The molecule has 1 aromatic heterocycles. The van der Waals surface area contributed by atoms with Crippen molar-refractivity contribution in [3.63, 3.8) is 0 Å². The number of carbonyl (C=O) groups is 1. The van der Waals surface area contributed by atoms with Crippen LogP contribution in [0.15, 0.2) is 83.4 Å². The number of nitrogens with zero attached hydrogens (tertiary/aromatic N) is 1. The Morgan fingerprint density at radius 2 is 1.52 bits per heavy atom. The second-order valence-corrected chi connectivity index (χ2v) is 8.90. The first-order valence-corrected chi connectivity index (χ1v) is 11.8. The second-order valence-electron chi connectivity index (χ2n) is 7.87. The molecule has 6 heteroatoms. The van der Waals surface area contributed by atoms with Gasteiger partial charge in [-0.1, -0.05) is 84.0 Å². The van der Waals surface area contributed by atoms with Gasteiger partial charge in [0.25, 0.3) is 0 Å². The maximum atomic E-state index is 10.9. The third kappa shape index (κ3) is 5.72. The highest BCUT2D eigenvalue weighted by Gasteiger charge is 2.22. The maximum absolute atomic E-state index is 10.9. The molecule has 0 saturated heterocycles. The highest BCUT2D eigenvalue weighted by molar-refractivity contribution is 7.98. The van der Waals surface area contributed by atoms with Crippen molar-refractivity contribution in [1.82, 2.24) is 5.16 Å². The van der Waals surface area contributed by atoms with Gasteiger partial charge in [0, 0.05) is 17.1 Å². The molecule has 0 spiro atoms. The van der Waals surface area contributed by atoms with Crippen molar-refractivity contribution in [3.8, 4) is 22.5 Å². The molecule has 2 N–H and O–H groups in total. The Labute approximate surface area is 197 Å². The normalized spacial score (nSPS) is 11.9. The van der Waals surface area contributed by atoms with Crippen LogP contribution in [0.25, 0.3) is 22.5 Å². The van der Waals surface area contributed by atoms with Gasteiger partial charge in [0.1, 0.15) is 0 Å². The van der Waals surface area contributed by atoms with Crippen LogP contribution in [0.4, 0.5) is 0 Å². The zero-order valence-electron chi connectivity index (χ0n) is 18.3. The van der Waals surface area contributed by atoms with Gasteiger partial charge < -0.3 is 14.7 Å². The van der Waals surface area contributed by atoms with Crippen molar-refractivity contribution in [1.29, 1.82) is 0 Å². The zero-order valence-corrected chi connectivity index (χ0v) is 19.1. The van der Waals surface area contributed by atoms with Crippen LogP contribution in [0.5, 0.6) is 0 Å². The summed E-state index contributed by atoms with van der Waals surface area (Å²) in [6.45, 7) is 1.85. The van der Waals surface area contributed by atoms with Gasteiger partial charge in [0.15, 0.2) is 5.76 Å². The minimum atomic E-state index is -0.842. The van der Waals surface area contributed by atoms with Crippen LogP contribution in [-0.2, 0) is 17.0 Å². The van der Waals surface area contributed by atoms with Gasteiger partial charge in [-0.15, -0.1) is 0 Å². The molecule has 5 nitrogen and oxygen atoms in total. The summed E-state index contributed by atoms with van der Waals surface area (Å²) in [5, 5.41) is 23.9. The summed E-state index contributed by atoms with van der Waals surface area (Å²) in [5.41, 5.74) is 6.27. The Bertz CT molecular complexity index is 1200. The Morgan fingerprint density at radius 3 is 2.15 bits per heavy atom. The van der Waals surface area contributed by atoms with E-state index < -0.39 is 12.1 Å². The molecule has 1 atom stereocenters. The van der Waals surface area contributed by atoms with Crippen molar-refractivity contribution in [2.24, 2.45) is 0 Å². The van der Waals surface area contributed by atoms with Crippen LogP contribution in [0.1, 0.15) is 28.5 Å². The number of aliphatic hydroxyl groups is 1. The molecule has 0 bridgehead atoms. The molecular formula is C27H25NO4S. The van der Waals surface area contributed by atoms with Crippen molar-refractivity contribution >= 4 is 17.7 Å². The van der Waals surface area contributed by atoms with Crippen molar-refractivity contribution in [2.75, 3.05) is 5.75 Å². The van der Waals surface area contributed by atoms with E-state index in [1.54, 1.807) is 11.8 Å². The van der Waals surface area contributed by atoms with E-state index in [0.717, 1.165) is 33.6 Å². The SMILES string of the molecule is Cc1noc(-c2ccc(-c3ccc(CC(=O)O)cc3)cc2)c1C(O)CSCc1ccccc1. The summed E-state index contributed by atoms with van der Waals surface area (Å²) in [6, 6.07) is 25.6. The van der Waals surface area contributed by atoms with Crippen LogP contribution in [0.2, 0.25) is 0 Å². The monoisotopic (exact) mass is 459 g/mol. The van der Waals surface area contributed by atoms with Crippen molar-refractivity contribution in [3.05, 3.63) is 101 Å². The second kappa shape index (κ2) is 10.5. The van der Waals surface area contributed by atoms with E-state index in [0.29, 0.717) is 17.2 Å². The van der Waals surface area contributed by atoms with Gasteiger partial charge in [-0.3, -0.25) is 4.79 Å². The van der Waals surface area contributed by atoms with Gasteiger partial charge >= 0.3 is 5.97 Å². The highest BCUT2D eigenvalue weighted by Crippen LogP contribution is 2.34. The first-order valence-electron chi connectivity index (χ1n) is 10.7. The van der Waals surface area contributed by atoms with E-state index >= 15 is 0 Å². The van der Waals surface area contributed by atoms with Gasteiger partial charge in [-0.05, 0) is 29.2 Å². The fourth-order valence-corrected chi connectivity index (χ4v) is 4.66. The fraction of sp³-hybridized carbons (Fsp3) is 0.185. The number of hydrogen-bond acceptors (Lipinski definition) is 5. The summed E-state index contributed by atoms with van der Waals surface area (Å²) in [6.07, 6.45) is -0.667. The van der Waals surface area contributed by atoms with Gasteiger partial charge in [0.2, 0.25) is 0 Å². The molecule has 0 saturated carbocycles. The summed E-state index contributed by atoms with van der Waals surface area (Å²) >= 11 is 1.67. The van der Waals surface area contributed by atoms with E-state index in [4.69, 9.17) is 9.63 Å². The van der Waals surface area contributed by atoms with Crippen molar-refractivity contribution in [2.45, 2.75) is 25.2 Å². The summed E-state index contributed by atoms with van der Waals surface area (Å²) < 4.78 is 5.59. The summed E-state index contributed by atoms with van der Waals surface area (Å²) in [7, 11) is 0. The Morgan fingerprint density at radius 1 is 0.909 bits per heavy atom. The molecule has 0 amide bonds. The summed E-state index contributed by atoms with van der Waals surface area (Å²) in [4.78, 5) is 10.9. The van der Waals surface area contributed by atoms with Gasteiger partial charge in [-0.2, -0.15) is 11.8 Å². The topological polar surface area (TPSA) is 83.6 Å². The van der Waals surface area contributed by atoms with Crippen molar-refractivity contribution < 1.29 is 19.5 Å². The number of carboxylic acid groups (broad SMARTS) is 1. The van der Waals surface area contributed by atoms with E-state index in [1.165, 1.54) is 5.56 Å². The molecule has 0 radical (unpaired) electrons. The number of aliphatic carboxylic acids is 1. The van der Waals surface area contributed by atoms with Crippen LogP contribution in [0, 0.1) is 6.92 Å². The van der Waals surface area contributed by atoms with Crippen LogP contribution < -0.4 is 0 Å². The number of hydrogen-bond donors (Lipinski definition) is 2. The molecule has 0 aliphatic rings. The van der Waals surface area contributed by atoms with Crippen LogP contribution in [0.3, 0.4) is 0 Å². The minimum Gasteiger partial charge on any atom is -0.481 e. The van der Waals surface area contributed by atoms with E-state index in [2.05, 4.69) is 17.3 Å². The average molecular weight is 460 g/mol. The third-order valence-electron chi connectivity index (χ3n) is 5.42. The third-order valence-corrected chi connectivity index (χ3v) is 6.51. The predicted molar refractivity (Wildman–Crippen MR) is 131 cm³/mol. The maximum Gasteiger partial charge on any atom is 0.307 e. The number of carboxylic acids is 1. The lowest BCUT2D eigenvalue weighted by Gasteiger charge is -2.12. The standard InChI is InChI=1S/C27H25NO4S/c1-18-26(24(29)17-33-16-20-5-3-2-4-6-20)27(32-28-18)23-13-11-22(12-14-23)21-9-7-19(8-10-21)15-25(30)31/h2-14,24,29H,15-17H2,1H3,(H,30,31). The average Bonchev–Trinajstić information content (AvgIpc) is 3.21. The van der Waals surface area contributed by atoms with Crippen LogP contribution >= 0.6 is 11.8 Å². The number of benzene rings is 3. The number of aromatic nitrogens is 1. The van der Waals surface area contributed by atoms with Gasteiger partial charge in [-0.25, -0.2) is 0 Å². The first-order chi connectivity index (χ1) is 16.0.